The Labute approximate surface area is 130 Å². The summed E-state index contributed by atoms with van der Waals surface area (Å²) in [6.45, 7) is 5.88. The summed E-state index contributed by atoms with van der Waals surface area (Å²) >= 11 is 1.62. The Morgan fingerprint density at radius 3 is 2.48 bits per heavy atom. The summed E-state index contributed by atoms with van der Waals surface area (Å²) in [5.41, 5.74) is 1.91. The van der Waals surface area contributed by atoms with E-state index in [0.29, 0.717) is 11.3 Å². The van der Waals surface area contributed by atoms with Crippen molar-refractivity contribution in [1.29, 1.82) is 0 Å². The molecule has 1 N–H and O–H groups in total. The maximum atomic E-state index is 12.0. The zero-order valence-electron chi connectivity index (χ0n) is 12.5. The van der Waals surface area contributed by atoms with Crippen molar-refractivity contribution >= 4 is 26.9 Å². The van der Waals surface area contributed by atoms with Gasteiger partial charge in [-0.3, -0.25) is 0 Å². The number of nitrogens with one attached hydrogen (secondary N) is 1. The molecule has 2 aromatic rings. The minimum Gasteiger partial charge on any atom is -0.376 e. The Bertz CT molecular complexity index is 691. The normalized spacial score (nSPS) is 13.1. The summed E-state index contributed by atoms with van der Waals surface area (Å²) in [6, 6.07) is 7.03. The lowest BCUT2D eigenvalue weighted by Crippen LogP contribution is -2.08. The highest BCUT2D eigenvalue weighted by Crippen LogP contribution is 2.23. The second-order valence-electron chi connectivity index (χ2n) is 5.04. The third-order valence-corrected chi connectivity index (χ3v) is 6.16. The Balaban J connectivity index is 2.09. The first-order valence-electron chi connectivity index (χ1n) is 6.94. The molecule has 0 aliphatic carbocycles. The van der Waals surface area contributed by atoms with Gasteiger partial charge in [0.15, 0.2) is 9.84 Å². The summed E-state index contributed by atoms with van der Waals surface area (Å²) in [7, 11) is -3.14. The summed E-state index contributed by atoms with van der Waals surface area (Å²) in [6.07, 6.45) is 0.628. The fourth-order valence-corrected chi connectivity index (χ4v) is 4.16. The van der Waals surface area contributed by atoms with E-state index in [9.17, 15) is 8.42 Å². The number of thiazole rings is 1. The van der Waals surface area contributed by atoms with Crippen LogP contribution in [0.2, 0.25) is 0 Å². The van der Waals surface area contributed by atoms with E-state index in [2.05, 4.69) is 10.3 Å². The predicted molar refractivity (Wildman–Crippen MR) is 87.7 cm³/mol. The van der Waals surface area contributed by atoms with Gasteiger partial charge in [-0.2, -0.15) is 0 Å². The molecule has 0 amide bonds. The van der Waals surface area contributed by atoms with Gasteiger partial charge in [0, 0.05) is 16.8 Å². The number of sulfone groups is 1. The Morgan fingerprint density at radius 2 is 1.95 bits per heavy atom. The molecule has 21 heavy (non-hydrogen) atoms. The zero-order valence-corrected chi connectivity index (χ0v) is 14.1. The molecule has 0 spiro atoms. The average molecular weight is 324 g/mol. The monoisotopic (exact) mass is 324 g/mol. The van der Waals surface area contributed by atoms with E-state index in [1.54, 1.807) is 35.6 Å². The molecule has 2 rings (SSSR count). The highest BCUT2D eigenvalue weighted by atomic mass is 32.2. The molecular weight excluding hydrogens is 304 g/mol. The number of anilines is 1. The molecule has 0 saturated heterocycles. The fourth-order valence-electron chi connectivity index (χ4n) is 2.03. The number of aromatic nitrogens is 1. The smallest absolute Gasteiger partial charge is 0.178 e. The lowest BCUT2D eigenvalue weighted by Gasteiger charge is -2.13. The molecule has 0 saturated carbocycles. The van der Waals surface area contributed by atoms with E-state index < -0.39 is 9.84 Å². The molecule has 1 aromatic heterocycles. The van der Waals surface area contributed by atoms with Crippen LogP contribution >= 0.6 is 11.3 Å². The molecule has 0 aliphatic rings. The van der Waals surface area contributed by atoms with E-state index >= 15 is 0 Å². The highest BCUT2D eigenvalue weighted by Gasteiger charge is 2.13. The first-order chi connectivity index (χ1) is 9.92. The molecular formula is C15H20N2O2S2. The molecule has 1 heterocycles. The van der Waals surface area contributed by atoms with Gasteiger partial charge >= 0.3 is 0 Å². The van der Waals surface area contributed by atoms with Crippen LogP contribution in [-0.2, 0) is 9.84 Å². The molecule has 0 bridgehead atoms. The predicted octanol–water partition coefficient (Wildman–Crippen LogP) is 3.81. The van der Waals surface area contributed by atoms with Crippen LogP contribution < -0.4 is 5.32 Å². The lowest BCUT2D eigenvalue weighted by molar-refractivity contribution is 0.595. The van der Waals surface area contributed by atoms with E-state index in [0.717, 1.165) is 16.4 Å². The van der Waals surface area contributed by atoms with Gasteiger partial charge in [-0.05, 0) is 44.5 Å². The largest absolute Gasteiger partial charge is 0.376 e. The van der Waals surface area contributed by atoms with Crippen LogP contribution in [0.25, 0.3) is 0 Å². The van der Waals surface area contributed by atoms with Gasteiger partial charge in [-0.15, -0.1) is 11.3 Å². The van der Waals surface area contributed by atoms with E-state index in [1.165, 1.54) is 0 Å². The zero-order chi connectivity index (χ0) is 15.5. The molecule has 0 fully saturated rings. The number of hydrogen-bond donors (Lipinski definition) is 1. The van der Waals surface area contributed by atoms with Crippen molar-refractivity contribution in [3.63, 3.8) is 0 Å². The first kappa shape index (κ1) is 16.0. The van der Waals surface area contributed by atoms with E-state index in [-0.39, 0.29) is 11.8 Å². The number of hydrogen-bond acceptors (Lipinski definition) is 5. The lowest BCUT2D eigenvalue weighted by atomic mass is 10.3. The van der Waals surface area contributed by atoms with Crippen LogP contribution in [0.3, 0.4) is 0 Å². The molecule has 6 heteroatoms. The third-order valence-electron chi connectivity index (χ3n) is 3.08. The minimum atomic E-state index is -3.14. The standard InChI is InChI=1S/C15H20N2O2S2/c1-4-9-21(18,19)14-7-5-13(6-8-14)17-12(3)15-16-11(2)10-20-15/h5-8,10,12,17H,4,9H2,1-3H3. The van der Waals surface area contributed by atoms with Crippen LogP contribution in [-0.4, -0.2) is 19.2 Å². The van der Waals surface area contributed by atoms with Crippen molar-refractivity contribution < 1.29 is 8.42 Å². The van der Waals surface area contributed by atoms with Crippen molar-refractivity contribution in [3.8, 4) is 0 Å². The van der Waals surface area contributed by atoms with Crippen LogP contribution in [0, 0.1) is 6.92 Å². The summed E-state index contributed by atoms with van der Waals surface area (Å²) in [4.78, 5) is 4.83. The first-order valence-corrected chi connectivity index (χ1v) is 9.47. The second-order valence-corrected chi connectivity index (χ2v) is 8.04. The fraction of sp³-hybridized carbons (Fsp3) is 0.400. The molecule has 114 valence electrons. The Kier molecular flexibility index (Phi) is 5.00. The Hall–Kier alpha value is -1.40. The molecule has 1 aromatic carbocycles. The van der Waals surface area contributed by atoms with Crippen LogP contribution in [0.1, 0.15) is 37.0 Å². The second kappa shape index (κ2) is 6.58. The minimum absolute atomic E-state index is 0.0989. The van der Waals surface area contributed by atoms with E-state index in [4.69, 9.17) is 0 Å². The highest BCUT2D eigenvalue weighted by molar-refractivity contribution is 7.91. The van der Waals surface area contributed by atoms with Crippen molar-refractivity contribution in [2.75, 3.05) is 11.1 Å². The van der Waals surface area contributed by atoms with Crippen LogP contribution in [0.4, 0.5) is 5.69 Å². The van der Waals surface area contributed by atoms with Gasteiger partial charge in [0.2, 0.25) is 0 Å². The van der Waals surface area contributed by atoms with Gasteiger partial charge in [-0.25, -0.2) is 13.4 Å². The molecule has 0 aliphatic heterocycles. The van der Waals surface area contributed by atoms with Crippen molar-refractivity contribution in [2.45, 2.75) is 38.1 Å². The van der Waals surface area contributed by atoms with Crippen LogP contribution in [0.15, 0.2) is 34.5 Å². The molecule has 0 radical (unpaired) electrons. The van der Waals surface area contributed by atoms with Crippen molar-refractivity contribution in [1.82, 2.24) is 4.98 Å². The van der Waals surface area contributed by atoms with E-state index in [1.807, 2.05) is 26.2 Å². The molecule has 1 atom stereocenters. The van der Waals surface area contributed by atoms with Gasteiger partial charge in [-0.1, -0.05) is 6.92 Å². The number of nitrogens with zero attached hydrogens (tertiary/aromatic N) is 1. The maximum absolute atomic E-state index is 12.0. The topological polar surface area (TPSA) is 59.1 Å². The van der Waals surface area contributed by atoms with Gasteiger partial charge in [0.25, 0.3) is 0 Å². The van der Waals surface area contributed by atoms with Gasteiger partial charge in [0.05, 0.1) is 16.7 Å². The molecule has 4 nitrogen and oxygen atoms in total. The quantitative estimate of drug-likeness (QED) is 0.878. The third kappa shape index (κ3) is 4.04. The van der Waals surface area contributed by atoms with Crippen LogP contribution in [0.5, 0.6) is 0 Å². The number of aryl methyl sites for hydroxylation is 1. The molecule has 1 unspecified atom stereocenters. The number of benzene rings is 1. The average Bonchev–Trinajstić information content (AvgIpc) is 2.86. The van der Waals surface area contributed by atoms with Gasteiger partial charge in [0.1, 0.15) is 5.01 Å². The van der Waals surface area contributed by atoms with Crippen molar-refractivity contribution in [2.24, 2.45) is 0 Å². The van der Waals surface area contributed by atoms with Gasteiger partial charge < -0.3 is 5.32 Å². The summed E-state index contributed by atoms with van der Waals surface area (Å²) in [5.74, 6) is 0.189. The SMILES string of the molecule is CCCS(=O)(=O)c1ccc(NC(C)c2nc(C)cs2)cc1. The van der Waals surface area contributed by atoms with Crippen molar-refractivity contribution in [3.05, 3.63) is 40.3 Å². The summed E-state index contributed by atoms with van der Waals surface area (Å²) in [5, 5.41) is 6.38. The Morgan fingerprint density at radius 1 is 1.29 bits per heavy atom. The number of rotatable bonds is 6. The maximum Gasteiger partial charge on any atom is 0.178 e. The summed E-state index contributed by atoms with van der Waals surface area (Å²) < 4.78 is 23.9.